The summed E-state index contributed by atoms with van der Waals surface area (Å²) in [5.41, 5.74) is 17.0. The highest BCUT2D eigenvalue weighted by Crippen LogP contribution is 2.54. The van der Waals surface area contributed by atoms with Gasteiger partial charge in [-0.15, -0.1) is 22.7 Å². The van der Waals surface area contributed by atoms with Crippen LogP contribution in [0.25, 0.3) is 102 Å². The number of rotatable bonds is 2. The largest absolute Gasteiger partial charge is 0.455 e. The maximum absolute atomic E-state index is 7.30. The molecule has 12 aromatic rings. The van der Waals surface area contributed by atoms with E-state index in [1.54, 1.807) is 0 Å². The molecule has 0 saturated carbocycles. The molecule has 0 bridgehead atoms. The van der Waals surface area contributed by atoms with Gasteiger partial charge >= 0.3 is 6.85 Å². The van der Waals surface area contributed by atoms with Gasteiger partial charge in [-0.05, 0) is 93.1 Å². The standard InChI is InChI=1S/C58H43BN2OS2/c1-57(2,3)34-21-24-36(25-22-34)61-44-30-40-37-16-11-13-19-46(37)63-48(40)31-42(44)51-52-54-49(50-38-17-10-12-18-45(38)62-55(50)51)41-29-35(58(4,5)6)23-27-43(41)60(54)53-39-26-20-33(32-14-8-7-9-15-32)28-47(39)64-56(53)59(52)61/h7-31H,1-6H3. The van der Waals surface area contributed by atoms with Crippen LogP contribution in [0.1, 0.15) is 52.7 Å². The van der Waals surface area contributed by atoms with E-state index in [9.17, 15) is 0 Å². The predicted octanol–water partition coefficient (Wildman–Crippen LogP) is 15.8. The quantitative estimate of drug-likeness (QED) is 0.162. The molecule has 0 radical (unpaired) electrons. The fraction of sp³-hybridized carbons (Fsp3) is 0.138. The zero-order valence-electron chi connectivity index (χ0n) is 36.6. The number of anilines is 2. The molecule has 3 nitrogen and oxygen atoms in total. The number of hydrogen-bond acceptors (Lipinski definition) is 4. The van der Waals surface area contributed by atoms with Gasteiger partial charge < -0.3 is 13.8 Å². The van der Waals surface area contributed by atoms with E-state index in [-0.39, 0.29) is 17.7 Å². The maximum Gasteiger partial charge on any atom is 0.343 e. The van der Waals surface area contributed by atoms with Gasteiger partial charge in [-0.1, -0.05) is 139 Å². The highest BCUT2D eigenvalue weighted by molar-refractivity contribution is 7.32. The number of nitrogens with zero attached hydrogens (tertiary/aromatic N) is 2. The summed E-state index contributed by atoms with van der Waals surface area (Å²) in [5.74, 6) is 0. The van der Waals surface area contributed by atoms with Gasteiger partial charge in [0.2, 0.25) is 0 Å². The summed E-state index contributed by atoms with van der Waals surface area (Å²) in [5, 5.41) is 8.82. The summed E-state index contributed by atoms with van der Waals surface area (Å²) in [6.45, 7) is 13.8. The number of aromatic nitrogens is 1. The van der Waals surface area contributed by atoms with Gasteiger partial charge in [0.1, 0.15) is 11.2 Å². The van der Waals surface area contributed by atoms with Gasteiger partial charge in [-0.3, -0.25) is 0 Å². The first-order valence-corrected chi connectivity index (χ1v) is 24.1. The average Bonchev–Trinajstić information content (AvgIpc) is 4.06. The monoisotopic (exact) mass is 858 g/mol. The summed E-state index contributed by atoms with van der Waals surface area (Å²) >= 11 is 3.85. The smallest absolute Gasteiger partial charge is 0.343 e. The van der Waals surface area contributed by atoms with Gasteiger partial charge in [0.15, 0.2) is 0 Å². The molecule has 64 heavy (non-hydrogen) atoms. The van der Waals surface area contributed by atoms with Crippen LogP contribution >= 0.6 is 22.7 Å². The van der Waals surface area contributed by atoms with Crippen LogP contribution in [0, 0.1) is 0 Å². The van der Waals surface area contributed by atoms with Crippen molar-refractivity contribution in [2.24, 2.45) is 0 Å². The second-order valence-corrected chi connectivity index (χ2v) is 22.2. The van der Waals surface area contributed by atoms with Crippen LogP contribution in [0.15, 0.2) is 156 Å². The van der Waals surface area contributed by atoms with Crippen molar-refractivity contribution in [1.29, 1.82) is 0 Å². The van der Waals surface area contributed by atoms with E-state index in [0.717, 1.165) is 16.6 Å². The van der Waals surface area contributed by atoms with E-state index in [4.69, 9.17) is 4.42 Å². The molecule has 0 unspecified atom stereocenters. The van der Waals surface area contributed by atoms with Gasteiger partial charge in [0.05, 0.1) is 16.7 Å². The lowest BCUT2D eigenvalue weighted by Gasteiger charge is -2.41. The molecule has 2 aliphatic heterocycles. The number of hydrogen-bond donors (Lipinski definition) is 0. The maximum atomic E-state index is 7.30. The predicted molar refractivity (Wildman–Crippen MR) is 278 cm³/mol. The van der Waals surface area contributed by atoms with E-state index in [0.29, 0.717) is 0 Å². The first-order valence-electron chi connectivity index (χ1n) is 22.4. The van der Waals surface area contributed by atoms with Crippen molar-refractivity contribution < 1.29 is 4.42 Å². The van der Waals surface area contributed by atoms with Gasteiger partial charge in [0.25, 0.3) is 0 Å². The lowest BCUT2D eigenvalue weighted by atomic mass is 9.47. The van der Waals surface area contributed by atoms with Gasteiger partial charge in [0, 0.05) is 79.1 Å². The van der Waals surface area contributed by atoms with Crippen LogP contribution in [-0.2, 0) is 10.8 Å². The molecule has 8 aromatic carbocycles. The molecule has 6 heterocycles. The van der Waals surface area contributed by atoms with Crippen LogP contribution in [0.5, 0.6) is 0 Å². The molecule has 0 N–H and O–H groups in total. The summed E-state index contributed by atoms with van der Waals surface area (Å²) in [4.78, 5) is 2.69. The number of furan rings is 1. The minimum absolute atomic E-state index is 0.0263. The Labute approximate surface area is 379 Å². The summed E-state index contributed by atoms with van der Waals surface area (Å²) in [7, 11) is 0. The highest BCUT2D eigenvalue weighted by Gasteiger charge is 2.48. The van der Waals surface area contributed by atoms with Crippen molar-refractivity contribution in [3.63, 3.8) is 0 Å². The number of thiophene rings is 2. The molecular weight excluding hydrogens is 816 g/mol. The molecule has 306 valence electrons. The first kappa shape index (κ1) is 36.8. The lowest BCUT2D eigenvalue weighted by Crippen LogP contribution is -2.59. The van der Waals surface area contributed by atoms with Crippen molar-refractivity contribution in [3.05, 3.63) is 163 Å². The minimum atomic E-state index is -0.128. The summed E-state index contributed by atoms with van der Waals surface area (Å²) in [6, 6.07) is 57.3. The molecule has 0 aliphatic carbocycles. The Morgan fingerprint density at radius 1 is 0.531 bits per heavy atom. The third kappa shape index (κ3) is 4.88. The van der Waals surface area contributed by atoms with Gasteiger partial charge in [-0.2, -0.15) is 0 Å². The molecule has 0 spiro atoms. The topological polar surface area (TPSA) is 21.3 Å². The molecule has 0 atom stereocenters. The van der Waals surface area contributed by atoms with E-state index in [2.05, 4.69) is 203 Å². The van der Waals surface area contributed by atoms with Crippen LogP contribution in [0.4, 0.5) is 11.4 Å². The Morgan fingerprint density at radius 2 is 1.25 bits per heavy atom. The molecule has 14 rings (SSSR count). The summed E-state index contributed by atoms with van der Waals surface area (Å²) in [6.07, 6.45) is 0. The molecule has 0 amide bonds. The molecule has 0 fully saturated rings. The van der Waals surface area contributed by atoms with Crippen molar-refractivity contribution in [3.8, 4) is 27.9 Å². The second-order valence-electron chi connectivity index (χ2n) is 20.1. The Bertz CT molecular complexity index is 3980. The normalized spacial score (nSPS) is 13.7. The van der Waals surface area contributed by atoms with E-state index >= 15 is 0 Å². The number of para-hydroxylation sites is 1. The van der Waals surface area contributed by atoms with Crippen molar-refractivity contribution in [2.45, 2.75) is 52.4 Å². The fourth-order valence-corrected chi connectivity index (χ4v) is 13.6. The van der Waals surface area contributed by atoms with E-state index in [1.807, 2.05) is 22.7 Å². The van der Waals surface area contributed by atoms with E-state index in [1.165, 1.54) is 118 Å². The molecule has 2 aliphatic rings. The van der Waals surface area contributed by atoms with Crippen molar-refractivity contribution >= 4 is 125 Å². The molecular formula is C58H43BN2OS2. The molecule has 0 saturated heterocycles. The number of fused-ring (bicyclic) bond motifs is 18. The second kappa shape index (κ2) is 12.6. The van der Waals surface area contributed by atoms with Crippen LogP contribution in [-0.4, -0.2) is 11.4 Å². The number of benzene rings is 8. The molecule has 4 aromatic heterocycles. The Morgan fingerprint density at radius 3 is 2.05 bits per heavy atom. The Hall–Kier alpha value is -6.60. The average molecular weight is 859 g/mol. The van der Waals surface area contributed by atoms with Crippen molar-refractivity contribution in [2.75, 3.05) is 4.81 Å². The van der Waals surface area contributed by atoms with Crippen LogP contribution in [0.3, 0.4) is 0 Å². The van der Waals surface area contributed by atoms with Crippen LogP contribution < -0.4 is 15.1 Å². The third-order valence-electron chi connectivity index (χ3n) is 14.3. The van der Waals surface area contributed by atoms with Gasteiger partial charge in [-0.25, -0.2) is 0 Å². The SMILES string of the molecule is CC(C)(C)c1ccc(N2B3c4sc5cc(-c6ccccc6)ccc5c4-n4c5ccc(C(C)(C)C)cc5c5c6c(oc7ccccc76)c(c3c54)-c3cc4sc5ccccc5c4cc32)cc1. The zero-order valence-corrected chi connectivity index (χ0v) is 38.3. The van der Waals surface area contributed by atoms with E-state index < -0.39 is 0 Å². The zero-order chi connectivity index (χ0) is 43.0. The van der Waals surface area contributed by atoms with Crippen molar-refractivity contribution in [1.82, 2.24) is 4.57 Å². The highest BCUT2D eigenvalue weighted by atomic mass is 32.1. The van der Waals surface area contributed by atoms with Crippen LogP contribution in [0.2, 0.25) is 0 Å². The molecule has 6 heteroatoms. The first-order chi connectivity index (χ1) is 31.0. The lowest BCUT2D eigenvalue weighted by molar-refractivity contribution is 0.590. The summed E-state index contributed by atoms with van der Waals surface area (Å²) < 4.78 is 15.2. The third-order valence-corrected chi connectivity index (χ3v) is 16.6. The minimum Gasteiger partial charge on any atom is -0.455 e. The Kier molecular flexibility index (Phi) is 7.23. The fourth-order valence-electron chi connectivity index (χ4n) is 11.2. The Balaban J connectivity index is 1.21.